The molecule has 0 aliphatic carbocycles. The Labute approximate surface area is 137 Å². The molecular formula is C14H19N3O7. The number of ether oxygens (including phenoxy) is 1. The fourth-order valence-corrected chi connectivity index (χ4v) is 2.57. The number of esters is 1. The molecule has 3 unspecified atom stereocenters. The lowest BCUT2D eigenvalue weighted by molar-refractivity contribution is -0.155. The van der Waals surface area contributed by atoms with Crippen molar-refractivity contribution in [2.75, 3.05) is 19.7 Å². The first-order valence-electron chi connectivity index (χ1n) is 7.35. The van der Waals surface area contributed by atoms with E-state index in [2.05, 4.69) is 10.1 Å². The molecule has 0 aromatic heterocycles. The Kier molecular flexibility index (Phi) is 5.52. The number of aliphatic hydroxyl groups is 2. The number of primary amides is 1. The van der Waals surface area contributed by atoms with Crippen LogP contribution in [0.3, 0.4) is 0 Å². The Hall–Kier alpha value is -2.46. The first-order chi connectivity index (χ1) is 11.3. The van der Waals surface area contributed by atoms with Gasteiger partial charge in [0.15, 0.2) is 0 Å². The molecule has 24 heavy (non-hydrogen) atoms. The van der Waals surface area contributed by atoms with E-state index in [0.717, 1.165) is 4.90 Å². The zero-order chi connectivity index (χ0) is 17.9. The third kappa shape index (κ3) is 4.09. The Morgan fingerprint density at radius 3 is 2.67 bits per heavy atom. The summed E-state index contributed by atoms with van der Waals surface area (Å²) in [6.45, 7) is -0.743. The molecule has 0 spiro atoms. The summed E-state index contributed by atoms with van der Waals surface area (Å²) in [5.74, 6) is -3.81. The fraction of sp³-hybridized carbons (Fsp3) is 0.571. The SMILES string of the molecule is NC(=O)C1CC=C(CO)CN(CC(=O)NC2CC(=O)OC2O)C1=O. The lowest BCUT2D eigenvalue weighted by Crippen LogP contribution is -2.49. The van der Waals surface area contributed by atoms with Gasteiger partial charge >= 0.3 is 5.97 Å². The van der Waals surface area contributed by atoms with Crippen molar-refractivity contribution in [3.05, 3.63) is 11.6 Å². The summed E-state index contributed by atoms with van der Waals surface area (Å²) in [6.07, 6.45) is 0.00390. The van der Waals surface area contributed by atoms with Gasteiger partial charge in [-0.2, -0.15) is 0 Å². The molecular weight excluding hydrogens is 322 g/mol. The number of nitrogens with two attached hydrogens (primary N) is 1. The molecule has 3 amide bonds. The number of rotatable bonds is 5. The first-order valence-corrected chi connectivity index (χ1v) is 7.35. The van der Waals surface area contributed by atoms with Crippen LogP contribution in [-0.2, 0) is 23.9 Å². The second kappa shape index (κ2) is 7.41. The van der Waals surface area contributed by atoms with E-state index in [4.69, 9.17) is 5.73 Å². The predicted molar refractivity (Wildman–Crippen MR) is 77.7 cm³/mol. The molecule has 10 nitrogen and oxygen atoms in total. The maximum Gasteiger partial charge on any atom is 0.310 e. The van der Waals surface area contributed by atoms with Crippen molar-refractivity contribution in [2.45, 2.75) is 25.2 Å². The summed E-state index contributed by atoms with van der Waals surface area (Å²) in [6, 6.07) is -0.896. The number of hydrogen-bond donors (Lipinski definition) is 4. The molecule has 1 saturated heterocycles. The van der Waals surface area contributed by atoms with E-state index >= 15 is 0 Å². The minimum absolute atomic E-state index is 0.0187. The zero-order valence-electron chi connectivity index (χ0n) is 12.8. The molecule has 0 aromatic rings. The third-order valence-corrected chi connectivity index (χ3v) is 3.86. The largest absolute Gasteiger partial charge is 0.434 e. The lowest BCUT2D eigenvalue weighted by atomic mass is 10.0. The molecule has 10 heteroatoms. The summed E-state index contributed by atoms with van der Waals surface area (Å²) in [5, 5.41) is 21.1. The molecule has 2 rings (SSSR count). The van der Waals surface area contributed by atoms with Crippen LogP contribution in [-0.4, -0.2) is 70.8 Å². The van der Waals surface area contributed by atoms with Crippen LogP contribution in [0.5, 0.6) is 0 Å². The Morgan fingerprint density at radius 1 is 1.42 bits per heavy atom. The summed E-state index contributed by atoms with van der Waals surface area (Å²) in [4.78, 5) is 48.0. The maximum atomic E-state index is 12.3. The topological polar surface area (TPSA) is 159 Å². The van der Waals surface area contributed by atoms with Crippen LogP contribution < -0.4 is 11.1 Å². The van der Waals surface area contributed by atoms with Gasteiger partial charge in [-0.05, 0) is 12.0 Å². The molecule has 3 atom stereocenters. The van der Waals surface area contributed by atoms with Gasteiger partial charge in [-0.3, -0.25) is 19.2 Å². The van der Waals surface area contributed by atoms with E-state index in [1.807, 2.05) is 0 Å². The molecule has 0 bridgehead atoms. The third-order valence-electron chi connectivity index (χ3n) is 3.86. The number of hydrogen-bond acceptors (Lipinski definition) is 7. The van der Waals surface area contributed by atoms with Gasteiger partial charge in [-0.1, -0.05) is 6.08 Å². The Morgan fingerprint density at radius 2 is 2.12 bits per heavy atom. The monoisotopic (exact) mass is 341 g/mol. The van der Waals surface area contributed by atoms with E-state index in [1.54, 1.807) is 6.08 Å². The van der Waals surface area contributed by atoms with E-state index < -0.39 is 48.5 Å². The smallest absolute Gasteiger partial charge is 0.310 e. The summed E-state index contributed by atoms with van der Waals surface area (Å²) in [7, 11) is 0. The second-order valence-corrected chi connectivity index (χ2v) is 5.66. The Bertz CT molecular complexity index is 589. The lowest BCUT2D eigenvalue weighted by Gasteiger charge is -2.24. The number of nitrogens with zero attached hydrogens (tertiary/aromatic N) is 1. The minimum atomic E-state index is -1.44. The average molecular weight is 341 g/mol. The number of carbonyl (C=O) groups is 4. The molecule has 2 aliphatic heterocycles. The van der Waals surface area contributed by atoms with Crippen molar-refractivity contribution < 1.29 is 34.1 Å². The molecule has 5 N–H and O–H groups in total. The predicted octanol–water partition coefficient (Wildman–Crippen LogP) is -3.01. The number of carbonyl (C=O) groups excluding carboxylic acids is 4. The normalized spacial score (nSPS) is 27.3. The van der Waals surface area contributed by atoms with Gasteiger partial charge in [0.1, 0.15) is 12.0 Å². The standard InChI is InChI=1S/C14H19N3O7/c15-12(21)8-2-1-7(6-18)4-17(13(8)22)5-10(19)16-9-3-11(20)24-14(9)23/h1,8-9,14,18,23H,2-6H2,(H2,15,21)(H,16,19). The van der Waals surface area contributed by atoms with Crippen molar-refractivity contribution in [1.29, 1.82) is 0 Å². The molecule has 2 aliphatic rings. The van der Waals surface area contributed by atoms with Crippen LogP contribution >= 0.6 is 0 Å². The van der Waals surface area contributed by atoms with Gasteiger partial charge < -0.3 is 30.9 Å². The van der Waals surface area contributed by atoms with Gasteiger partial charge in [-0.25, -0.2) is 0 Å². The highest BCUT2D eigenvalue weighted by Crippen LogP contribution is 2.17. The average Bonchev–Trinajstić information content (AvgIpc) is 2.72. The van der Waals surface area contributed by atoms with Crippen LogP contribution in [0.15, 0.2) is 11.6 Å². The Balaban J connectivity index is 2.03. The second-order valence-electron chi connectivity index (χ2n) is 5.66. The molecule has 1 fully saturated rings. The van der Waals surface area contributed by atoms with Crippen molar-refractivity contribution in [1.82, 2.24) is 10.2 Å². The van der Waals surface area contributed by atoms with Crippen LogP contribution in [0.1, 0.15) is 12.8 Å². The summed E-state index contributed by atoms with van der Waals surface area (Å²) < 4.78 is 4.51. The highest BCUT2D eigenvalue weighted by molar-refractivity contribution is 6.01. The summed E-state index contributed by atoms with van der Waals surface area (Å²) in [5.41, 5.74) is 5.69. The van der Waals surface area contributed by atoms with Crippen molar-refractivity contribution >= 4 is 23.7 Å². The van der Waals surface area contributed by atoms with Crippen molar-refractivity contribution in [2.24, 2.45) is 11.7 Å². The van der Waals surface area contributed by atoms with Crippen LogP contribution in [0.2, 0.25) is 0 Å². The van der Waals surface area contributed by atoms with Crippen molar-refractivity contribution in [3.8, 4) is 0 Å². The maximum absolute atomic E-state index is 12.3. The molecule has 0 saturated carbocycles. The van der Waals surface area contributed by atoms with Gasteiger partial charge in [0.2, 0.25) is 24.0 Å². The van der Waals surface area contributed by atoms with Crippen LogP contribution in [0, 0.1) is 5.92 Å². The molecule has 0 radical (unpaired) electrons. The van der Waals surface area contributed by atoms with E-state index in [-0.39, 0.29) is 26.0 Å². The first kappa shape index (κ1) is 17.9. The van der Waals surface area contributed by atoms with Crippen molar-refractivity contribution in [3.63, 3.8) is 0 Å². The molecule has 0 aromatic carbocycles. The summed E-state index contributed by atoms with van der Waals surface area (Å²) >= 11 is 0. The van der Waals surface area contributed by atoms with Gasteiger partial charge in [0, 0.05) is 6.54 Å². The number of amides is 3. The zero-order valence-corrected chi connectivity index (χ0v) is 12.8. The quantitative estimate of drug-likeness (QED) is 0.235. The number of aliphatic hydroxyl groups excluding tert-OH is 2. The fourth-order valence-electron chi connectivity index (χ4n) is 2.57. The van der Waals surface area contributed by atoms with E-state index in [0.29, 0.717) is 5.57 Å². The molecule has 2 heterocycles. The highest BCUT2D eigenvalue weighted by Gasteiger charge is 2.36. The van der Waals surface area contributed by atoms with E-state index in [1.165, 1.54) is 0 Å². The van der Waals surface area contributed by atoms with Crippen LogP contribution in [0.4, 0.5) is 0 Å². The van der Waals surface area contributed by atoms with Gasteiger partial charge in [0.05, 0.1) is 19.6 Å². The van der Waals surface area contributed by atoms with Crippen LogP contribution in [0.25, 0.3) is 0 Å². The number of allylic oxidation sites excluding steroid dienone is 1. The number of cyclic esters (lactones) is 1. The highest BCUT2D eigenvalue weighted by atomic mass is 16.6. The van der Waals surface area contributed by atoms with E-state index in [9.17, 15) is 29.4 Å². The minimum Gasteiger partial charge on any atom is -0.434 e. The van der Waals surface area contributed by atoms with Gasteiger partial charge in [0.25, 0.3) is 0 Å². The molecule has 132 valence electrons. The number of nitrogens with one attached hydrogen (secondary N) is 1. The van der Waals surface area contributed by atoms with Gasteiger partial charge in [-0.15, -0.1) is 0 Å².